The molecular weight excluding hydrogens is 445 g/mol. The fourth-order valence-electron chi connectivity index (χ4n) is 1.91. The number of phenols is 2. The molecule has 27 heavy (non-hydrogen) atoms. The van der Waals surface area contributed by atoms with E-state index in [4.69, 9.17) is 20.1 Å². The van der Waals surface area contributed by atoms with E-state index in [0.29, 0.717) is 0 Å². The van der Waals surface area contributed by atoms with Gasteiger partial charge in [-0.05, 0) is 19.1 Å². The van der Waals surface area contributed by atoms with E-state index in [1.807, 2.05) is 0 Å². The summed E-state index contributed by atoms with van der Waals surface area (Å²) in [6.07, 6.45) is 0. The molecule has 2 aromatic rings. The molecule has 0 unspecified atom stereocenters. The fourth-order valence-corrected chi connectivity index (χ4v) is 3.31. The number of phenolic OH excluding ortho intramolecular Hbond substituents is 2. The predicted molar refractivity (Wildman–Crippen MR) is 97.0 cm³/mol. The van der Waals surface area contributed by atoms with Crippen molar-refractivity contribution < 1.29 is 36.0 Å². The molecule has 0 aromatic heterocycles. The zero-order valence-electron chi connectivity index (χ0n) is 14.2. The van der Waals surface area contributed by atoms with Crippen molar-refractivity contribution >= 4 is 48.0 Å². The quantitative estimate of drug-likeness (QED) is 0.423. The first-order valence-electron chi connectivity index (χ1n) is 7.25. The van der Waals surface area contributed by atoms with E-state index in [0.717, 1.165) is 17.7 Å². The van der Waals surface area contributed by atoms with Crippen LogP contribution in [0, 0.1) is 6.92 Å². The van der Waals surface area contributed by atoms with Crippen LogP contribution in [0.3, 0.4) is 0 Å². The van der Waals surface area contributed by atoms with Crippen LogP contribution < -0.4 is 9.67 Å². The Labute approximate surface area is 162 Å². The average Bonchev–Trinajstić information content (AvgIpc) is 2.55. The van der Waals surface area contributed by atoms with Crippen molar-refractivity contribution in [3.05, 3.63) is 47.5 Å². The number of rotatable bonds is 3. The fraction of sp³-hybridized carbons (Fsp3) is 0.125. The minimum absolute atomic E-state index is 0.0741. The van der Waals surface area contributed by atoms with Gasteiger partial charge >= 0.3 is 94.1 Å². The summed E-state index contributed by atoms with van der Waals surface area (Å²) in [7, 11) is 0. The Morgan fingerprint density at radius 1 is 1.07 bits per heavy atom. The number of aryl methyl sites for hydroxylation is 1. The van der Waals surface area contributed by atoms with Crippen molar-refractivity contribution in [2.45, 2.75) is 13.8 Å². The van der Waals surface area contributed by atoms with Crippen molar-refractivity contribution in [2.24, 2.45) is 0 Å². The van der Waals surface area contributed by atoms with Gasteiger partial charge in [-0.25, -0.2) is 4.79 Å². The van der Waals surface area contributed by atoms with Crippen LogP contribution in [-0.2, 0) is 12.8 Å². The number of carbonyl (C=O) groups excluding carboxylic acids is 2. The third kappa shape index (κ3) is 6.99. The third-order valence-electron chi connectivity index (χ3n) is 3.05. The predicted octanol–water partition coefficient (Wildman–Crippen LogP) is 0.923. The molecule has 0 aliphatic carbocycles. The Balaban J connectivity index is 0.000000277. The molecule has 0 spiro atoms. The van der Waals surface area contributed by atoms with E-state index in [1.165, 1.54) is 25.1 Å². The van der Waals surface area contributed by atoms with Gasteiger partial charge in [0.15, 0.2) is 0 Å². The summed E-state index contributed by atoms with van der Waals surface area (Å²) in [5.41, 5.74) is 1.21. The Bertz CT molecular complexity index is 896. The second kappa shape index (κ2) is 9.47. The average molecular weight is 462 g/mol. The maximum Gasteiger partial charge on any atom is 0.360 e. The number of amides is 1. The zero-order chi connectivity index (χ0) is 20.8. The minimum atomic E-state index is -5.09. The van der Waals surface area contributed by atoms with E-state index >= 15 is 0 Å². The number of hydrogen-bond acceptors (Lipinski definition) is 6. The molecule has 0 radical (unpaired) electrons. The van der Waals surface area contributed by atoms with Crippen LogP contribution in [0.2, 0.25) is 0 Å². The summed E-state index contributed by atoms with van der Waals surface area (Å²) in [6.45, 7) is 3.09. The van der Waals surface area contributed by atoms with Crippen molar-refractivity contribution in [3.8, 4) is 11.5 Å². The Morgan fingerprint density at radius 3 is 2.19 bits per heavy atom. The summed E-state index contributed by atoms with van der Waals surface area (Å²) in [6, 6.07) is 8.10. The van der Waals surface area contributed by atoms with Gasteiger partial charge in [0, 0.05) is 0 Å². The van der Waals surface area contributed by atoms with Crippen molar-refractivity contribution in [1.82, 2.24) is 0 Å². The van der Waals surface area contributed by atoms with Crippen molar-refractivity contribution in [1.29, 1.82) is 0 Å². The minimum Gasteiger partial charge on any atom is -0.507 e. The molecule has 1 amide bonds. The smallest absolute Gasteiger partial charge is 0.360 e. The molecule has 0 aliphatic rings. The molecule has 2 aromatic carbocycles. The first-order valence-corrected chi connectivity index (χ1v) is 10.9. The molecule has 2 rings (SSSR count). The summed E-state index contributed by atoms with van der Waals surface area (Å²) in [5.74, 6) is -1.73. The van der Waals surface area contributed by atoms with Gasteiger partial charge in [0.05, 0.1) is 0 Å². The van der Waals surface area contributed by atoms with Crippen LogP contribution in [0.25, 0.3) is 0 Å². The standard InChI is InChI=1S/C8H10AsNO5.C8H7ClO3/c1-5(11)10-6-2-3-7(8(12)4-6)9(13,14)15;1-5-2-3-7(10)6(4-5)8(11)12-9/h2-4,12H,1H3,(H,10,11)(H2,13,14,15);2-4,10H,1H3. The van der Waals surface area contributed by atoms with Gasteiger partial charge in [-0.3, -0.25) is 0 Å². The molecule has 0 atom stereocenters. The van der Waals surface area contributed by atoms with Gasteiger partial charge in [-0.1, -0.05) is 11.6 Å². The summed E-state index contributed by atoms with van der Waals surface area (Å²) in [5, 5.41) is 20.9. The monoisotopic (exact) mass is 461 g/mol. The maximum absolute atomic E-state index is 10.9. The van der Waals surface area contributed by atoms with Crippen LogP contribution in [-0.4, -0.2) is 44.5 Å². The second-order valence-corrected chi connectivity index (χ2v) is 8.76. The third-order valence-corrected chi connectivity index (χ3v) is 5.30. The van der Waals surface area contributed by atoms with Crippen LogP contribution >= 0.6 is 11.9 Å². The van der Waals surface area contributed by atoms with Crippen LogP contribution in [0.4, 0.5) is 5.69 Å². The second-order valence-electron chi connectivity index (χ2n) is 5.31. The van der Waals surface area contributed by atoms with Crippen molar-refractivity contribution in [2.75, 3.05) is 5.32 Å². The maximum atomic E-state index is 10.9. The molecule has 0 saturated carbocycles. The van der Waals surface area contributed by atoms with E-state index in [2.05, 4.69) is 9.61 Å². The zero-order valence-corrected chi connectivity index (χ0v) is 16.8. The SMILES string of the molecule is CC(=O)Nc1ccc([As](=O)(O)O)c(O)c1.Cc1ccc(O)c(C(=O)OCl)c1. The molecule has 0 saturated heterocycles. The van der Waals surface area contributed by atoms with Gasteiger partial charge in [-0.2, -0.15) is 0 Å². The van der Waals surface area contributed by atoms with Gasteiger partial charge in [0.2, 0.25) is 0 Å². The van der Waals surface area contributed by atoms with Gasteiger partial charge in [0.1, 0.15) is 23.2 Å². The first-order chi connectivity index (χ1) is 12.5. The molecule has 0 aliphatic heterocycles. The number of aromatic hydroxyl groups is 2. The number of hydrogen-bond donors (Lipinski definition) is 5. The van der Waals surface area contributed by atoms with Crippen LogP contribution in [0.15, 0.2) is 36.4 Å². The molecule has 9 nitrogen and oxygen atoms in total. The van der Waals surface area contributed by atoms with E-state index < -0.39 is 30.2 Å². The van der Waals surface area contributed by atoms with Crippen LogP contribution in [0.5, 0.6) is 11.5 Å². The van der Waals surface area contributed by atoms with Gasteiger partial charge in [0.25, 0.3) is 0 Å². The molecule has 0 heterocycles. The molecule has 146 valence electrons. The summed E-state index contributed by atoms with van der Waals surface area (Å²) < 4.78 is 32.2. The Morgan fingerprint density at radius 2 is 1.70 bits per heavy atom. The largest absolute Gasteiger partial charge is 0.507 e. The number of nitrogens with one attached hydrogen (secondary N) is 1. The molecule has 5 N–H and O–H groups in total. The topological polar surface area (TPSA) is 153 Å². The first kappa shape index (κ1) is 22.6. The van der Waals surface area contributed by atoms with Gasteiger partial charge in [-0.15, -0.1) is 0 Å². The molecule has 11 heteroatoms. The molecular formula is C16H17AsClNO8. The number of halogens is 1. The van der Waals surface area contributed by atoms with E-state index in [-0.39, 0.29) is 22.9 Å². The summed E-state index contributed by atoms with van der Waals surface area (Å²) in [4.78, 5) is 21.5. The van der Waals surface area contributed by atoms with E-state index in [9.17, 15) is 23.5 Å². The summed E-state index contributed by atoms with van der Waals surface area (Å²) >= 11 is -0.237. The number of carbonyl (C=O) groups is 2. The number of anilines is 1. The number of benzene rings is 2. The van der Waals surface area contributed by atoms with Crippen molar-refractivity contribution in [3.63, 3.8) is 0 Å². The van der Waals surface area contributed by atoms with Crippen LogP contribution in [0.1, 0.15) is 22.8 Å². The van der Waals surface area contributed by atoms with E-state index in [1.54, 1.807) is 13.0 Å². The normalized spacial score (nSPS) is 10.4. The Kier molecular flexibility index (Phi) is 7.93. The van der Waals surface area contributed by atoms with Gasteiger partial charge < -0.3 is 9.40 Å². The Hall–Kier alpha value is -2.45. The molecule has 0 fully saturated rings. The molecule has 0 bridgehead atoms.